The fourth-order valence-corrected chi connectivity index (χ4v) is 2.46. The maximum absolute atomic E-state index is 8.99. The third-order valence-electron chi connectivity index (χ3n) is 3.44. The lowest BCUT2D eigenvalue weighted by Crippen LogP contribution is -2.40. The van der Waals surface area contributed by atoms with Crippen LogP contribution in [0.4, 0.5) is 11.4 Å². The first kappa shape index (κ1) is 13.7. The van der Waals surface area contributed by atoms with Gasteiger partial charge in [0.05, 0.1) is 29.1 Å². The van der Waals surface area contributed by atoms with E-state index in [0.717, 1.165) is 50.3 Å². The minimum absolute atomic E-state index is 0.277. The van der Waals surface area contributed by atoms with E-state index in [1.165, 1.54) is 0 Å². The molecule has 102 valence electrons. The summed E-state index contributed by atoms with van der Waals surface area (Å²) in [6.07, 6.45) is 3.53. The molecule has 1 aromatic rings. The van der Waals surface area contributed by atoms with E-state index in [1.807, 2.05) is 12.1 Å². The molecule has 4 nitrogen and oxygen atoms in total. The maximum Gasteiger partial charge on any atom is 0.0992 e. The first-order valence-electron chi connectivity index (χ1n) is 6.90. The van der Waals surface area contributed by atoms with E-state index in [4.69, 9.17) is 15.7 Å². The summed E-state index contributed by atoms with van der Waals surface area (Å²) in [5.41, 5.74) is 8.38. The fourth-order valence-electron chi connectivity index (χ4n) is 2.46. The lowest BCUT2D eigenvalue weighted by Gasteiger charge is -2.35. The lowest BCUT2D eigenvalue weighted by atomic mass is 10.1. The van der Waals surface area contributed by atoms with Gasteiger partial charge in [-0.05, 0) is 37.5 Å². The van der Waals surface area contributed by atoms with Crippen LogP contribution in [0.2, 0.25) is 0 Å². The standard InChI is InChI=1S/C15H21N3O/c1-2-8-19-13-4-3-7-18(11-13)15-9-12(10-16)5-6-14(15)17/h5-6,9,13H,2-4,7-8,11,17H2,1H3. The molecule has 1 saturated heterocycles. The van der Waals surface area contributed by atoms with E-state index in [1.54, 1.807) is 6.07 Å². The molecule has 1 unspecified atom stereocenters. The number of nitriles is 1. The molecule has 0 aromatic heterocycles. The van der Waals surface area contributed by atoms with Gasteiger partial charge in [-0.15, -0.1) is 0 Å². The van der Waals surface area contributed by atoms with Gasteiger partial charge in [0.1, 0.15) is 0 Å². The summed E-state index contributed by atoms with van der Waals surface area (Å²) in [6, 6.07) is 7.61. The number of benzene rings is 1. The Hall–Kier alpha value is -1.73. The van der Waals surface area contributed by atoms with Gasteiger partial charge in [0.25, 0.3) is 0 Å². The Bertz CT molecular complexity index is 467. The molecule has 1 aliphatic heterocycles. The molecule has 1 aliphatic rings. The number of ether oxygens (including phenoxy) is 1. The van der Waals surface area contributed by atoms with Crippen LogP contribution >= 0.6 is 0 Å². The fraction of sp³-hybridized carbons (Fsp3) is 0.533. The van der Waals surface area contributed by atoms with Crippen LogP contribution in [0, 0.1) is 11.3 Å². The molecule has 0 radical (unpaired) electrons. The lowest BCUT2D eigenvalue weighted by molar-refractivity contribution is 0.0441. The van der Waals surface area contributed by atoms with Crippen molar-refractivity contribution in [3.8, 4) is 6.07 Å². The average Bonchev–Trinajstić information content (AvgIpc) is 2.46. The molecule has 1 fully saturated rings. The molecule has 0 amide bonds. The number of hydrogen-bond acceptors (Lipinski definition) is 4. The van der Waals surface area contributed by atoms with E-state index in [2.05, 4.69) is 17.9 Å². The highest BCUT2D eigenvalue weighted by atomic mass is 16.5. The summed E-state index contributed by atoms with van der Waals surface area (Å²) in [4.78, 5) is 2.24. The SMILES string of the molecule is CCCOC1CCCN(c2cc(C#N)ccc2N)C1. The Kier molecular flexibility index (Phi) is 4.64. The summed E-state index contributed by atoms with van der Waals surface area (Å²) < 4.78 is 5.83. The van der Waals surface area contributed by atoms with E-state index in [-0.39, 0.29) is 6.10 Å². The van der Waals surface area contributed by atoms with Crippen molar-refractivity contribution in [3.05, 3.63) is 23.8 Å². The molecule has 1 heterocycles. The minimum atomic E-state index is 0.277. The topological polar surface area (TPSA) is 62.3 Å². The molecule has 19 heavy (non-hydrogen) atoms. The Balaban J connectivity index is 2.10. The zero-order valence-corrected chi connectivity index (χ0v) is 11.4. The number of piperidine rings is 1. The quantitative estimate of drug-likeness (QED) is 0.844. The molecule has 2 rings (SSSR count). The van der Waals surface area contributed by atoms with Gasteiger partial charge in [0.2, 0.25) is 0 Å². The molecule has 4 heteroatoms. The minimum Gasteiger partial charge on any atom is -0.397 e. The van der Waals surface area contributed by atoms with Crippen LogP contribution < -0.4 is 10.6 Å². The van der Waals surface area contributed by atoms with E-state index < -0.39 is 0 Å². The van der Waals surface area contributed by atoms with Gasteiger partial charge < -0.3 is 15.4 Å². The first-order valence-corrected chi connectivity index (χ1v) is 6.90. The van der Waals surface area contributed by atoms with Gasteiger partial charge in [-0.3, -0.25) is 0 Å². The van der Waals surface area contributed by atoms with Crippen molar-refractivity contribution in [2.24, 2.45) is 0 Å². The highest BCUT2D eigenvalue weighted by molar-refractivity contribution is 5.69. The Morgan fingerprint density at radius 1 is 1.53 bits per heavy atom. The molecule has 1 aromatic carbocycles. The van der Waals surface area contributed by atoms with Crippen molar-refractivity contribution in [3.63, 3.8) is 0 Å². The molecule has 0 aliphatic carbocycles. The third kappa shape index (κ3) is 3.39. The first-order chi connectivity index (χ1) is 9.24. The second kappa shape index (κ2) is 6.44. The summed E-state index contributed by atoms with van der Waals surface area (Å²) in [7, 11) is 0. The summed E-state index contributed by atoms with van der Waals surface area (Å²) in [5.74, 6) is 0. The molecular formula is C15H21N3O. The molecule has 2 N–H and O–H groups in total. The molecule has 0 bridgehead atoms. The Morgan fingerprint density at radius 2 is 2.37 bits per heavy atom. The predicted octanol–water partition coefficient (Wildman–Crippen LogP) is 2.54. The molecular weight excluding hydrogens is 238 g/mol. The summed E-state index contributed by atoms with van der Waals surface area (Å²) >= 11 is 0. The van der Waals surface area contributed by atoms with Crippen LogP contribution in [0.25, 0.3) is 0 Å². The second-order valence-corrected chi connectivity index (χ2v) is 4.97. The van der Waals surface area contributed by atoms with Crippen molar-refractivity contribution in [2.45, 2.75) is 32.3 Å². The van der Waals surface area contributed by atoms with E-state index in [0.29, 0.717) is 5.56 Å². The van der Waals surface area contributed by atoms with Crippen LogP contribution in [-0.2, 0) is 4.74 Å². The van der Waals surface area contributed by atoms with Gasteiger partial charge in [-0.2, -0.15) is 5.26 Å². The Labute approximate surface area is 114 Å². The summed E-state index contributed by atoms with van der Waals surface area (Å²) in [5, 5.41) is 8.99. The average molecular weight is 259 g/mol. The zero-order chi connectivity index (χ0) is 13.7. The van der Waals surface area contributed by atoms with Gasteiger partial charge >= 0.3 is 0 Å². The normalized spacial score (nSPS) is 19.2. The van der Waals surface area contributed by atoms with Crippen LogP contribution in [0.3, 0.4) is 0 Å². The van der Waals surface area contributed by atoms with Crippen molar-refractivity contribution in [2.75, 3.05) is 30.3 Å². The number of hydrogen-bond donors (Lipinski definition) is 1. The van der Waals surface area contributed by atoms with Crippen LogP contribution in [0.15, 0.2) is 18.2 Å². The van der Waals surface area contributed by atoms with Gasteiger partial charge in [-0.1, -0.05) is 6.92 Å². The van der Waals surface area contributed by atoms with Gasteiger partial charge in [0, 0.05) is 19.7 Å². The third-order valence-corrected chi connectivity index (χ3v) is 3.44. The monoisotopic (exact) mass is 259 g/mol. The number of rotatable bonds is 4. The maximum atomic E-state index is 8.99. The van der Waals surface area contributed by atoms with Crippen molar-refractivity contribution in [1.82, 2.24) is 0 Å². The van der Waals surface area contributed by atoms with Crippen molar-refractivity contribution >= 4 is 11.4 Å². The van der Waals surface area contributed by atoms with Crippen molar-refractivity contribution < 1.29 is 4.74 Å². The number of nitrogen functional groups attached to an aromatic ring is 1. The van der Waals surface area contributed by atoms with Crippen molar-refractivity contribution in [1.29, 1.82) is 5.26 Å². The summed E-state index contributed by atoms with van der Waals surface area (Å²) in [6.45, 7) is 4.77. The number of nitrogens with zero attached hydrogens (tertiary/aromatic N) is 2. The van der Waals surface area contributed by atoms with Gasteiger partial charge in [0.15, 0.2) is 0 Å². The largest absolute Gasteiger partial charge is 0.397 e. The highest BCUT2D eigenvalue weighted by Crippen LogP contribution is 2.28. The van der Waals surface area contributed by atoms with E-state index in [9.17, 15) is 0 Å². The van der Waals surface area contributed by atoms with Crippen LogP contribution in [-0.4, -0.2) is 25.8 Å². The zero-order valence-electron chi connectivity index (χ0n) is 11.4. The second-order valence-electron chi connectivity index (χ2n) is 4.97. The van der Waals surface area contributed by atoms with Gasteiger partial charge in [-0.25, -0.2) is 0 Å². The highest BCUT2D eigenvalue weighted by Gasteiger charge is 2.21. The number of anilines is 2. The van der Waals surface area contributed by atoms with E-state index >= 15 is 0 Å². The number of nitrogens with two attached hydrogens (primary N) is 1. The smallest absolute Gasteiger partial charge is 0.0992 e. The predicted molar refractivity (Wildman–Crippen MR) is 77.0 cm³/mol. The molecule has 0 saturated carbocycles. The Morgan fingerprint density at radius 3 is 3.11 bits per heavy atom. The van der Waals surface area contributed by atoms with Crippen LogP contribution in [0.5, 0.6) is 0 Å². The molecule has 1 atom stereocenters. The molecule has 0 spiro atoms. The van der Waals surface area contributed by atoms with Crippen LogP contribution in [0.1, 0.15) is 31.7 Å².